The number of nitrogens with zero attached hydrogens (tertiary/aromatic N) is 4. The Morgan fingerprint density at radius 1 is 1.00 bits per heavy atom. The lowest BCUT2D eigenvalue weighted by Crippen LogP contribution is -2.37. The number of halogens is 1. The Balaban J connectivity index is 0.000000673. The summed E-state index contributed by atoms with van der Waals surface area (Å²) in [6.07, 6.45) is 1.66. The molecule has 0 saturated carbocycles. The predicted molar refractivity (Wildman–Crippen MR) is 111 cm³/mol. The molecule has 0 spiro atoms. The highest BCUT2D eigenvalue weighted by molar-refractivity contribution is 5.85. The normalized spacial score (nSPS) is 10.8. The zero-order valence-electron chi connectivity index (χ0n) is 17.3. The molecule has 2 heterocycles. The molecule has 0 aliphatic carbocycles. The van der Waals surface area contributed by atoms with Crippen LogP contribution in [-0.4, -0.2) is 30.8 Å². The van der Waals surface area contributed by atoms with Gasteiger partial charge in [0, 0.05) is 39.1 Å². The van der Waals surface area contributed by atoms with Crippen LogP contribution in [0.3, 0.4) is 0 Å². The van der Waals surface area contributed by atoms with Crippen LogP contribution < -0.4 is 16.6 Å². The largest absolute Gasteiger partial charge is 0.332 e. The van der Waals surface area contributed by atoms with E-state index in [1.165, 1.54) is 11.6 Å². The molecule has 0 radical (unpaired) electrons. The molecule has 0 aliphatic rings. The third-order valence-electron chi connectivity index (χ3n) is 3.86. The van der Waals surface area contributed by atoms with Crippen LogP contribution in [0.25, 0.3) is 11.2 Å². The van der Waals surface area contributed by atoms with Gasteiger partial charge in [-0.15, -0.1) is 12.4 Å². The maximum atomic E-state index is 12.2. The number of hydrogen-bond acceptors (Lipinski definition) is 4. The quantitative estimate of drug-likeness (QED) is 0.853. The van der Waals surface area contributed by atoms with Gasteiger partial charge in [-0.05, 0) is 6.42 Å². The number of imidazole rings is 1. The van der Waals surface area contributed by atoms with Gasteiger partial charge in [-0.1, -0.05) is 41.5 Å². The van der Waals surface area contributed by atoms with Gasteiger partial charge in [0.05, 0.1) is 0 Å². The van der Waals surface area contributed by atoms with Gasteiger partial charge in [0.25, 0.3) is 5.56 Å². The summed E-state index contributed by atoms with van der Waals surface area (Å²) in [4.78, 5) is 28.5. The van der Waals surface area contributed by atoms with E-state index in [1.807, 2.05) is 11.5 Å². The lowest BCUT2D eigenvalue weighted by Gasteiger charge is -2.10. The summed E-state index contributed by atoms with van der Waals surface area (Å²) in [7, 11) is 3.14. The monoisotopic (exact) mass is 387 g/mol. The molecule has 150 valence electrons. The SMILES string of the molecule is CC(C)NC(C)C.CCCn1c(CC)nc2c1c(=O)n(C)c(=O)n2C.Cl. The molecule has 0 aliphatic heterocycles. The number of aromatic nitrogens is 4. The standard InChI is InChI=1S/C12H18N4O2.C6H15N.ClH/c1-5-7-16-8(6-2)13-10-9(16)11(17)15(4)12(18)14(10)3;1-5(2)7-6(3)4;/h5-7H2,1-4H3;5-7H,1-4H3;1H. The van der Waals surface area contributed by atoms with Crippen LogP contribution >= 0.6 is 12.4 Å². The lowest BCUT2D eigenvalue weighted by molar-refractivity contribution is 0.518. The average molecular weight is 388 g/mol. The third-order valence-corrected chi connectivity index (χ3v) is 3.86. The summed E-state index contributed by atoms with van der Waals surface area (Å²) in [6, 6.07) is 1.25. The molecule has 0 atom stereocenters. The average Bonchev–Trinajstić information content (AvgIpc) is 2.89. The van der Waals surface area contributed by atoms with E-state index in [-0.39, 0.29) is 23.7 Å². The van der Waals surface area contributed by atoms with Gasteiger partial charge in [0.1, 0.15) is 5.82 Å². The van der Waals surface area contributed by atoms with Gasteiger partial charge in [-0.2, -0.15) is 0 Å². The second-order valence-corrected chi connectivity index (χ2v) is 6.89. The second kappa shape index (κ2) is 10.5. The van der Waals surface area contributed by atoms with Gasteiger partial charge in [-0.25, -0.2) is 9.78 Å². The van der Waals surface area contributed by atoms with Crippen LogP contribution in [0.1, 0.15) is 53.8 Å². The fourth-order valence-electron chi connectivity index (χ4n) is 2.89. The van der Waals surface area contributed by atoms with Crippen LogP contribution in [0.2, 0.25) is 0 Å². The number of hydrogen-bond donors (Lipinski definition) is 1. The van der Waals surface area contributed by atoms with E-state index in [2.05, 4.69) is 44.9 Å². The van der Waals surface area contributed by atoms with Crippen molar-refractivity contribution < 1.29 is 0 Å². The van der Waals surface area contributed by atoms with Gasteiger partial charge < -0.3 is 9.88 Å². The van der Waals surface area contributed by atoms with E-state index in [4.69, 9.17) is 0 Å². The van der Waals surface area contributed by atoms with Crippen molar-refractivity contribution in [3.63, 3.8) is 0 Å². The van der Waals surface area contributed by atoms with Gasteiger partial charge in [0.15, 0.2) is 11.2 Å². The van der Waals surface area contributed by atoms with Crippen molar-refractivity contribution in [1.82, 2.24) is 24.0 Å². The first-order valence-electron chi connectivity index (χ1n) is 9.06. The summed E-state index contributed by atoms with van der Waals surface area (Å²) in [5.74, 6) is 0.852. The van der Waals surface area contributed by atoms with Crippen LogP contribution in [0.15, 0.2) is 9.59 Å². The van der Waals surface area contributed by atoms with Crippen molar-refractivity contribution in [2.45, 2.75) is 73.0 Å². The fraction of sp³-hybridized carbons (Fsp3) is 0.722. The Bertz CT molecular complexity index is 812. The van der Waals surface area contributed by atoms with E-state index in [9.17, 15) is 9.59 Å². The first-order valence-corrected chi connectivity index (χ1v) is 9.06. The maximum absolute atomic E-state index is 12.2. The molecule has 7 nitrogen and oxygen atoms in total. The minimum Gasteiger partial charge on any atom is -0.322 e. The smallest absolute Gasteiger partial charge is 0.322 e. The molecule has 0 bridgehead atoms. The Morgan fingerprint density at radius 3 is 1.92 bits per heavy atom. The van der Waals surface area contributed by atoms with Crippen LogP contribution in [-0.2, 0) is 27.1 Å². The van der Waals surface area contributed by atoms with E-state index in [0.717, 1.165) is 29.8 Å². The summed E-state index contributed by atoms with van der Waals surface area (Å²) >= 11 is 0. The first-order chi connectivity index (χ1) is 11.6. The maximum Gasteiger partial charge on any atom is 0.332 e. The molecular weight excluding hydrogens is 354 g/mol. The molecule has 0 saturated heterocycles. The molecule has 0 fully saturated rings. The summed E-state index contributed by atoms with van der Waals surface area (Å²) < 4.78 is 4.49. The highest BCUT2D eigenvalue weighted by Gasteiger charge is 2.17. The van der Waals surface area contributed by atoms with Crippen molar-refractivity contribution in [3.05, 3.63) is 26.7 Å². The Morgan fingerprint density at radius 2 is 1.54 bits per heavy atom. The minimum atomic E-state index is -0.337. The Kier molecular flexibility index (Phi) is 9.88. The minimum absolute atomic E-state index is 0. The van der Waals surface area contributed by atoms with Gasteiger partial charge in [-0.3, -0.25) is 13.9 Å². The zero-order chi connectivity index (χ0) is 19.3. The first kappa shape index (κ1) is 24.4. The third kappa shape index (κ3) is 5.45. The van der Waals surface area contributed by atoms with Crippen molar-refractivity contribution in [3.8, 4) is 0 Å². The van der Waals surface area contributed by atoms with Crippen molar-refractivity contribution in [2.24, 2.45) is 14.1 Å². The molecule has 8 heteroatoms. The molecule has 1 N–H and O–H groups in total. The zero-order valence-corrected chi connectivity index (χ0v) is 18.1. The lowest BCUT2D eigenvalue weighted by atomic mass is 10.3. The summed E-state index contributed by atoms with van der Waals surface area (Å²) in [5.41, 5.74) is 0.400. The van der Waals surface area contributed by atoms with Crippen LogP contribution in [0.4, 0.5) is 0 Å². The van der Waals surface area contributed by atoms with Crippen LogP contribution in [0, 0.1) is 0 Å². The van der Waals surface area contributed by atoms with Crippen LogP contribution in [0.5, 0.6) is 0 Å². The summed E-state index contributed by atoms with van der Waals surface area (Å²) in [6.45, 7) is 13.4. The molecule has 2 aromatic rings. The van der Waals surface area contributed by atoms with Crippen molar-refractivity contribution in [2.75, 3.05) is 0 Å². The molecule has 2 rings (SSSR count). The van der Waals surface area contributed by atoms with Crippen molar-refractivity contribution in [1.29, 1.82) is 0 Å². The summed E-state index contributed by atoms with van der Waals surface area (Å²) in [5, 5.41) is 3.31. The molecular formula is C18H34ClN5O2. The number of fused-ring (bicyclic) bond motifs is 1. The second-order valence-electron chi connectivity index (χ2n) is 6.89. The molecule has 0 unspecified atom stereocenters. The van der Waals surface area contributed by atoms with E-state index >= 15 is 0 Å². The van der Waals surface area contributed by atoms with Gasteiger partial charge >= 0.3 is 5.69 Å². The van der Waals surface area contributed by atoms with E-state index in [0.29, 0.717) is 23.2 Å². The Labute approximate surface area is 161 Å². The van der Waals surface area contributed by atoms with E-state index in [1.54, 1.807) is 7.05 Å². The molecule has 2 aromatic heterocycles. The molecule has 26 heavy (non-hydrogen) atoms. The van der Waals surface area contributed by atoms with E-state index < -0.39 is 0 Å². The van der Waals surface area contributed by atoms with Gasteiger partial charge in [0.2, 0.25) is 0 Å². The fourth-order valence-corrected chi connectivity index (χ4v) is 2.89. The predicted octanol–water partition coefficient (Wildman–Crippen LogP) is 2.22. The Hall–Kier alpha value is -1.60. The van der Waals surface area contributed by atoms with Crippen molar-refractivity contribution >= 4 is 23.6 Å². The highest BCUT2D eigenvalue weighted by Crippen LogP contribution is 2.12. The molecule has 0 amide bonds. The highest BCUT2D eigenvalue weighted by atomic mass is 35.5. The number of nitrogens with one attached hydrogen (secondary N) is 1. The number of aryl methyl sites for hydroxylation is 3. The number of rotatable bonds is 5. The molecule has 0 aromatic carbocycles. The topological polar surface area (TPSA) is 73.8 Å².